The first-order valence-electron chi connectivity index (χ1n) is 10.2. The predicted octanol–water partition coefficient (Wildman–Crippen LogP) is 2.22. The number of amides is 2. The monoisotopic (exact) mass is 530 g/mol. The fourth-order valence-corrected chi connectivity index (χ4v) is 5.88. The molecule has 1 aliphatic carbocycles. The van der Waals surface area contributed by atoms with E-state index < -0.39 is 62.9 Å². The van der Waals surface area contributed by atoms with E-state index in [2.05, 4.69) is 15.4 Å². The molecule has 2 aromatic carbocycles. The average Bonchev–Trinajstić information content (AvgIpc) is 2.79. The van der Waals surface area contributed by atoms with Crippen LogP contribution in [0.1, 0.15) is 29.6 Å². The number of carbonyl (C=O) groups is 3. The van der Waals surface area contributed by atoms with Crippen molar-refractivity contribution in [3.63, 3.8) is 0 Å². The molecule has 0 atom stereocenters. The van der Waals surface area contributed by atoms with Gasteiger partial charge in [-0.2, -0.15) is 0 Å². The highest BCUT2D eigenvalue weighted by Crippen LogP contribution is 2.41. The van der Waals surface area contributed by atoms with Gasteiger partial charge in [-0.3, -0.25) is 14.4 Å². The molecule has 188 valence electrons. The number of carbonyl (C=O) groups excluding carboxylic acids is 3. The molecule has 9 nitrogen and oxygen atoms in total. The van der Waals surface area contributed by atoms with E-state index in [9.17, 15) is 36.7 Å². The van der Waals surface area contributed by atoms with Crippen LogP contribution < -0.4 is 10.6 Å². The Morgan fingerprint density at radius 3 is 2.46 bits per heavy atom. The van der Waals surface area contributed by atoms with Crippen molar-refractivity contribution in [2.24, 2.45) is 0 Å². The van der Waals surface area contributed by atoms with Crippen molar-refractivity contribution in [2.45, 2.75) is 35.0 Å². The normalized spacial score (nSPS) is 19.4. The van der Waals surface area contributed by atoms with Crippen molar-refractivity contribution in [1.82, 2.24) is 5.32 Å². The Kier molecular flexibility index (Phi) is 7.77. The lowest BCUT2D eigenvalue weighted by atomic mass is 9.79. The molecule has 2 aromatic rings. The maximum atomic E-state index is 13.4. The largest absolute Gasteiger partial charge is 0.469 e. The summed E-state index contributed by atoms with van der Waals surface area (Å²) in [5, 5.41) is 13.8. The lowest BCUT2D eigenvalue weighted by Gasteiger charge is -2.41. The maximum Gasteiger partial charge on any atom is 0.307 e. The van der Waals surface area contributed by atoms with Gasteiger partial charge in [0.15, 0.2) is 21.5 Å². The van der Waals surface area contributed by atoms with E-state index in [4.69, 9.17) is 11.6 Å². The highest BCUT2D eigenvalue weighted by atomic mass is 35.5. The molecule has 2 amide bonds. The van der Waals surface area contributed by atoms with Gasteiger partial charge in [0, 0.05) is 36.7 Å². The predicted molar refractivity (Wildman–Crippen MR) is 121 cm³/mol. The number of aliphatic hydroxyl groups is 1. The van der Waals surface area contributed by atoms with E-state index >= 15 is 0 Å². The highest BCUT2D eigenvalue weighted by molar-refractivity contribution is 7.92. The van der Waals surface area contributed by atoms with Crippen LogP contribution in [0.5, 0.6) is 0 Å². The molecule has 1 aliphatic rings. The second kappa shape index (κ2) is 10.3. The fraction of sp³-hybridized carbons (Fsp3) is 0.318. The van der Waals surface area contributed by atoms with Gasteiger partial charge in [0.25, 0.3) is 11.8 Å². The SMILES string of the molecule is COC(=O)CCNC(=O)C1(O)CC(S(=O)(=O)c2cc(C(=O)Nc3ccc(F)c(F)c3)ccc2Cl)C1. The van der Waals surface area contributed by atoms with Gasteiger partial charge < -0.3 is 20.5 Å². The first-order valence-corrected chi connectivity index (χ1v) is 12.2. The van der Waals surface area contributed by atoms with Gasteiger partial charge in [-0.15, -0.1) is 0 Å². The van der Waals surface area contributed by atoms with E-state index in [1.165, 1.54) is 19.2 Å². The Labute approximate surface area is 204 Å². The molecular weight excluding hydrogens is 510 g/mol. The number of hydrogen-bond donors (Lipinski definition) is 3. The minimum Gasteiger partial charge on any atom is -0.469 e. The number of anilines is 1. The molecule has 13 heteroatoms. The molecule has 3 N–H and O–H groups in total. The van der Waals surface area contributed by atoms with E-state index in [0.717, 1.165) is 24.3 Å². The average molecular weight is 531 g/mol. The Morgan fingerprint density at radius 2 is 1.83 bits per heavy atom. The third-order valence-corrected chi connectivity index (χ3v) is 8.12. The van der Waals surface area contributed by atoms with Crippen LogP contribution in [-0.4, -0.2) is 55.8 Å². The molecular formula is C22H21ClF2N2O7S. The van der Waals surface area contributed by atoms with Crippen LogP contribution in [0.15, 0.2) is 41.3 Å². The van der Waals surface area contributed by atoms with Crippen molar-refractivity contribution in [1.29, 1.82) is 0 Å². The number of esters is 1. The number of rotatable bonds is 8. The second-order valence-electron chi connectivity index (χ2n) is 7.92. The maximum absolute atomic E-state index is 13.4. The van der Waals surface area contributed by atoms with Gasteiger partial charge in [0.05, 0.1) is 28.7 Å². The standard InChI is InChI=1S/C22H21ClF2N2O7S/c1-34-19(28)6-7-26-21(30)22(31)10-14(11-22)35(32,33)18-8-12(2-4-15(18)23)20(29)27-13-3-5-16(24)17(25)9-13/h2-5,8-9,14,31H,6-7,10-11H2,1H3,(H,26,30)(H,27,29). The molecule has 0 aliphatic heterocycles. The van der Waals surface area contributed by atoms with Crippen molar-refractivity contribution in [3.05, 3.63) is 58.6 Å². The number of hydrogen-bond acceptors (Lipinski definition) is 7. The fourth-order valence-electron chi connectivity index (χ4n) is 3.46. The Bertz CT molecular complexity index is 1280. The Hall–Kier alpha value is -3.09. The minimum absolute atomic E-state index is 0.0458. The topological polar surface area (TPSA) is 139 Å². The summed E-state index contributed by atoms with van der Waals surface area (Å²) in [6.45, 7) is -0.0911. The molecule has 0 aromatic heterocycles. The smallest absolute Gasteiger partial charge is 0.307 e. The van der Waals surface area contributed by atoms with Crippen LogP contribution >= 0.6 is 11.6 Å². The molecule has 0 radical (unpaired) electrons. The third-order valence-electron chi connectivity index (χ3n) is 5.51. The van der Waals surface area contributed by atoms with Gasteiger partial charge in [0.2, 0.25) is 0 Å². The number of nitrogens with one attached hydrogen (secondary N) is 2. The summed E-state index contributed by atoms with van der Waals surface area (Å²) in [7, 11) is -2.97. The Balaban J connectivity index is 1.71. The molecule has 0 saturated heterocycles. The summed E-state index contributed by atoms with van der Waals surface area (Å²) < 4.78 is 57.1. The molecule has 0 spiro atoms. The first kappa shape index (κ1) is 26.5. The molecule has 35 heavy (non-hydrogen) atoms. The Morgan fingerprint density at radius 1 is 1.14 bits per heavy atom. The zero-order chi connectivity index (χ0) is 26.0. The second-order valence-corrected chi connectivity index (χ2v) is 10.5. The zero-order valence-corrected chi connectivity index (χ0v) is 19.9. The molecule has 0 bridgehead atoms. The van der Waals surface area contributed by atoms with Crippen LogP contribution in [0.3, 0.4) is 0 Å². The van der Waals surface area contributed by atoms with E-state index in [-0.39, 0.29) is 34.1 Å². The lowest BCUT2D eigenvalue weighted by molar-refractivity contribution is -0.148. The van der Waals surface area contributed by atoms with Gasteiger partial charge in [-0.1, -0.05) is 11.6 Å². The van der Waals surface area contributed by atoms with Crippen molar-refractivity contribution in [3.8, 4) is 0 Å². The van der Waals surface area contributed by atoms with Crippen LogP contribution in [-0.2, 0) is 24.2 Å². The van der Waals surface area contributed by atoms with Crippen molar-refractivity contribution >= 4 is 44.9 Å². The molecule has 3 rings (SSSR count). The van der Waals surface area contributed by atoms with Crippen LogP contribution in [0.25, 0.3) is 0 Å². The zero-order valence-electron chi connectivity index (χ0n) is 18.3. The molecule has 0 unspecified atom stereocenters. The van der Waals surface area contributed by atoms with E-state index in [0.29, 0.717) is 0 Å². The summed E-state index contributed by atoms with van der Waals surface area (Å²) in [5.41, 5.74) is -2.11. The highest BCUT2D eigenvalue weighted by Gasteiger charge is 2.54. The first-order chi connectivity index (χ1) is 16.4. The minimum atomic E-state index is -4.15. The summed E-state index contributed by atoms with van der Waals surface area (Å²) in [5.74, 6) is -4.44. The number of sulfone groups is 1. The molecule has 1 saturated carbocycles. The molecule has 1 fully saturated rings. The van der Waals surface area contributed by atoms with Gasteiger partial charge in [0.1, 0.15) is 5.60 Å². The van der Waals surface area contributed by atoms with Crippen molar-refractivity contribution in [2.75, 3.05) is 19.0 Å². The van der Waals surface area contributed by atoms with Gasteiger partial charge in [-0.25, -0.2) is 17.2 Å². The van der Waals surface area contributed by atoms with Crippen LogP contribution in [0.2, 0.25) is 5.02 Å². The van der Waals surface area contributed by atoms with E-state index in [1.807, 2.05) is 0 Å². The molecule has 0 heterocycles. The summed E-state index contributed by atoms with van der Waals surface area (Å²) in [6, 6.07) is 6.20. The number of ether oxygens (including phenoxy) is 1. The number of halogens is 3. The van der Waals surface area contributed by atoms with E-state index in [1.54, 1.807) is 0 Å². The third kappa shape index (κ3) is 5.77. The summed E-state index contributed by atoms with van der Waals surface area (Å²) in [4.78, 5) is 35.5. The van der Waals surface area contributed by atoms with Crippen LogP contribution in [0.4, 0.5) is 14.5 Å². The number of benzene rings is 2. The van der Waals surface area contributed by atoms with Crippen LogP contribution in [0, 0.1) is 11.6 Å². The van der Waals surface area contributed by atoms with Gasteiger partial charge >= 0.3 is 5.97 Å². The quantitative estimate of drug-likeness (QED) is 0.445. The lowest BCUT2D eigenvalue weighted by Crippen LogP contribution is -2.59. The van der Waals surface area contributed by atoms with Gasteiger partial charge in [-0.05, 0) is 30.3 Å². The van der Waals surface area contributed by atoms with Crippen molar-refractivity contribution < 1.29 is 41.4 Å². The summed E-state index contributed by atoms with van der Waals surface area (Å²) in [6.07, 6.45) is -0.947. The number of methoxy groups -OCH3 is 1. The summed E-state index contributed by atoms with van der Waals surface area (Å²) >= 11 is 6.07.